The van der Waals surface area contributed by atoms with Gasteiger partial charge in [-0.15, -0.1) is 11.3 Å². The number of aryl methyl sites for hydroxylation is 1. The monoisotopic (exact) mass is 385 g/mol. The van der Waals surface area contributed by atoms with Gasteiger partial charge in [0.25, 0.3) is 5.69 Å². The average molecular weight is 385 g/mol. The van der Waals surface area contributed by atoms with E-state index in [0.717, 1.165) is 24.6 Å². The minimum atomic E-state index is -3.75. The van der Waals surface area contributed by atoms with Crippen LogP contribution in [0.15, 0.2) is 37.7 Å². The van der Waals surface area contributed by atoms with Crippen LogP contribution in [-0.4, -0.2) is 35.7 Å². The molecular weight excluding hydrogens is 370 g/mol. The van der Waals surface area contributed by atoms with E-state index in [9.17, 15) is 18.5 Å². The summed E-state index contributed by atoms with van der Waals surface area (Å²) in [5.41, 5.74) is 0.626. The lowest BCUT2D eigenvalue weighted by Gasteiger charge is -2.17. The molecule has 0 atom stereocenters. The summed E-state index contributed by atoms with van der Waals surface area (Å²) >= 11 is 2.64. The highest BCUT2D eigenvalue weighted by Gasteiger charge is 2.31. The molecule has 0 spiro atoms. The van der Waals surface area contributed by atoms with Crippen LogP contribution in [0.5, 0.6) is 0 Å². The first-order valence-corrected chi connectivity index (χ1v) is 10.4. The number of hydrogen-bond acceptors (Lipinski definition) is 7. The second kappa shape index (κ2) is 6.79. The van der Waals surface area contributed by atoms with Gasteiger partial charge >= 0.3 is 0 Å². The van der Waals surface area contributed by atoms with Gasteiger partial charge in [-0.2, -0.15) is 4.31 Å². The van der Waals surface area contributed by atoms with Crippen molar-refractivity contribution in [2.45, 2.75) is 33.9 Å². The van der Waals surface area contributed by atoms with Crippen molar-refractivity contribution in [2.24, 2.45) is 0 Å². The van der Waals surface area contributed by atoms with Crippen LogP contribution in [0.25, 0.3) is 0 Å². The minimum absolute atomic E-state index is 0.0172. The van der Waals surface area contributed by atoms with Crippen molar-refractivity contribution in [3.05, 3.63) is 39.4 Å². The molecule has 1 aromatic heterocycles. The Balaban J connectivity index is 2.06. The van der Waals surface area contributed by atoms with Gasteiger partial charge in [0.15, 0.2) is 4.34 Å². The van der Waals surface area contributed by atoms with Crippen LogP contribution >= 0.6 is 23.1 Å². The highest BCUT2D eigenvalue weighted by Crippen LogP contribution is 2.38. The number of sulfonamides is 1. The summed E-state index contributed by atoms with van der Waals surface area (Å²) in [7, 11) is -3.75. The van der Waals surface area contributed by atoms with Crippen molar-refractivity contribution in [3.8, 4) is 0 Å². The second-order valence-electron chi connectivity index (χ2n) is 5.36. The van der Waals surface area contributed by atoms with E-state index in [1.165, 1.54) is 39.5 Å². The largest absolute Gasteiger partial charge is 0.270 e. The van der Waals surface area contributed by atoms with E-state index < -0.39 is 14.9 Å². The van der Waals surface area contributed by atoms with Gasteiger partial charge in [-0.25, -0.2) is 13.4 Å². The maximum absolute atomic E-state index is 12.9. The minimum Gasteiger partial charge on any atom is -0.258 e. The molecule has 1 aliphatic rings. The zero-order chi connectivity index (χ0) is 17.3. The fourth-order valence-corrected chi connectivity index (χ4v) is 6.29. The summed E-state index contributed by atoms with van der Waals surface area (Å²) in [5.74, 6) is 0. The molecule has 2 aromatic rings. The van der Waals surface area contributed by atoms with Crippen LogP contribution in [0.1, 0.15) is 18.5 Å². The molecule has 7 nitrogen and oxygen atoms in total. The van der Waals surface area contributed by atoms with E-state index in [1.54, 1.807) is 0 Å². The number of nitro groups is 1. The first-order chi connectivity index (χ1) is 11.4. The van der Waals surface area contributed by atoms with Crippen molar-refractivity contribution in [3.63, 3.8) is 0 Å². The van der Waals surface area contributed by atoms with Crippen molar-refractivity contribution in [1.82, 2.24) is 9.29 Å². The summed E-state index contributed by atoms with van der Waals surface area (Å²) < 4.78 is 27.9. The smallest absolute Gasteiger partial charge is 0.258 e. The SMILES string of the molecule is Cc1csc(Sc2ccc([N+](=O)[O-])cc2S(=O)(=O)N2CCCC2)n1. The molecule has 128 valence electrons. The maximum atomic E-state index is 12.9. The van der Waals surface area contributed by atoms with Gasteiger partial charge in [-0.3, -0.25) is 10.1 Å². The number of hydrogen-bond donors (Lipinski definition) is 0. The maximum Gasteiger partial charge on any atom is 0.270 e. The summed E-state index contributed by atoms with van der Waals surface area (Å²) in [6.07, 6.45) is 1.62. The summed E-state index contributed by atoms with van der Waals surface area (Å²) in [4.78, 5) is 15.2. The lowest BCUT2D eigenvalue weighted by atomic mass is 10.3. The molecule has 24 heavy (non-hydrogen) atoms. The highest BCUT2D eigenvalue weighted by atomic mass is 32.2. The predicted octanol–water partition coefficient (Wildman–Crippen LogP) is 3.30. The fourth-order valence-electron chi connectivity index (χ4n) is 2.44. The van der Waals surface area contributed by atoms with Gasteiger partial charge in [-0.1, -0.05) is 11.8 Å². The Morgan fingerprint density at radius 1 is 1.33 bits per heavy atom. The number of non-ortho nitro benzene ring substituents is 1. The zero-order valence-corrected chi connectivity index (χ0v) is 15.3. The third-order valence-electron chi connectivity index (χ3n) is 3.62. The lowest BCUT2D eigenvalue weighted by molar-refractivity contribution is -0.385. The lowest BCUT2D eigenvalue weighted by Crippen LogP contribution is -2.28. The fraction of sp³-hybridized carbons (Fsp3) is 0.357. The first kappa shape index (κ1) is 17.3. The topological polar surface area (TPSA) is 93.4 Å². The van der Waals surface area contributed by atoms with Crippen LogP contribution in [0.3, 0.4) is 0 Å². The number of nitro benzene ring substituents is 1. The van der Waals surface area contributed by atoms with E-state index in [1.807, 2.05) is 12.3 Å². The standard InChI is InChI=1S/C14H15N3O4S3/c1-10-9-22-14(15-10)23-12-5-4-11(17(18)19)8-13(12)24(20,21)16-6-2-3-7-16/h4-5,8-9H,2-3,6-7H2,1H3. The Labute approximate surface area is 147 Å². The second-order valence-corrected chi connectivity index (χ2v) is 9.41. The normalized spacial score (nSPS) is 15.7. The molecule has 0 radical (unpaired) electrons. The van der Waals surface area contributed by atoms with Gasteiger partial charge in [0, 0.05) is 41.2 Å². The molecule has 1 saturated heterocycles. The molecule has 3 rings (SSSR count). The number of thiazole rings is 1. The van der Waals surface area contributed by atoms with Crippen molar-refractivity contribution in [2.75, 3.05) is 13.1 Å². The van der Waals surface area contributed by atoms with Crippen LogP contribution in [0.4, 0.5) is 5.69 Å². The molecule has 0 unspecified atom stereocenters. The van der Waals surface area contributed by atoms with Crippen LogP contribution < -0.4 is 0 Å². The third-order valence-corrected chi connectivity index (χ3v) is 7.82. The predicted molar refractivity (Wildman–Crippen MR) is 92.1 cm³/mol. The summed E-state index contributed by atoms with van der Waals surface area (Å²) in [6.45, 7) is 2.76. The third kappa shape index (κ3) is 3.46. The van der Waals surface area contributed by atoms with Gasteiger partial charge in [0.2, 0.25) is 10.0 Å². The zero-order valence-electron chi connectivity index (χ0n) is 12.8. The van der Waals surface area contributed by atoms with Gasteiger partial charge in [0.05, 0.1) is 4.92 Å². The Hall–Kier alpha value is -1.49. The molecule has 0 bridgehead atoms. The number of aromatic nitrogens is 1. The molecule has 0 N–H and O–H groups in total. The molecule has 1 aliphatic heterocycles. The van der Waals surface area contributed by atoms with Crippen LogP contribution in [-0.2, 0) is 10.0 Å². The van der Waals surface area contributed by atoms with Crippen molar-refractivity contribution >= 4 is 38.8 Å². The molecule has 1 aromatic carbocycles. The highest BCUT2D eigenvalue weighted by molar-refractivity contribution is 8.01. The van der Waals surface area contributed by atoms with Crippen molar-refractivity contribution < 1.29 is 13.3 Å². The summed E-state index contributed by atoms with van der Waals surface area (Å²) in [5, 5.41) is 12.9. The molecular formula is C14H15N3O4S3. The average Bonchev–Trinajstić information content (AvgIpc) is 3.19. The molecule has 0 saturated carbocycles. The number of benzene rings is 1. The molecule has 0 amide bonds. The van der Waals surface area contributed by atoms with Gasteiger partial charge in [0.1, 0.15) is 4.90 Å². The van der Waals surface area contributed by atoms with E-state index in [-0.39, 0.29) is 10.6 Å². The first-order valence-electron chi connectivity index (χ1n) is 7.26. The van der Waals surface area contributed by atoms with E-state index >= 15 is 0 Å². The van der Waals surface area contributed by atoms with Gasteiger partial charge < -0.3 is 0 Å². The van der Waals surface area contributed by atoms with E-state index in [0.29, 0.717) is 22.3 Å². The summed E-state index contributed by atoms with van der Waals surface area (Å²) in [6, 6.07) is 3.96. The van der Waals surface area contributed by atoms with Crippen LogP contribution in [0, 0.1) is 17.0 Å². The number of nitrogens with zero attached hydrogens (tertiary/aromatic N) is 3. The Kier molecular flexibility index (Phi) is 4.90. The van der Waals surface area contributed by atoms with E-state index in [2.05, 4.69) is 4.98 Å². The molecule has 0 aliphatic carbocycles. The number of rotatable bonds is 5. The van der Waals surface area contributed by atoms with E-state index in [4.69, 9.17) is 0 Å². The van der Waals surface area contributed by atoms with Crippen LogP contribution in [0.2, 0.25) is 0 Å². The molecule has 10 heteroatoms. The Morgan fingerprint density at radius 2 is 2.04 bits per heavy atom. The molecule has 2 heterocycles. The molecule has 1 fully saturated rings. The van der Waals surface area contributed by atoms with Gasteiger partial charge in [-0.05, 0) is 25.8 Å². The Bertz CT molecular complexity index is 873. The Morgan fingerprint density at radius 3 is 2.62 bits per heavy atom. The quantitative estimate of drug-likeness (QED) is 0.579. The van der Waals surface area contributed by atoms with Crippen molar-refractivity contribution in [1.29, 1.82) is 0 Å².